The Morgan fingerprint density at radius 1 is 1.14 bits per heavy atom. The van der Waals surface area contributed by atoms with Gasteiger partial charge in [0.05, 0.1) is 24.4 Å². The number of hydrogen-bond acceptors (Lipinski definition) is 5. The Morgan fingerprint density at radius 2 is 1.93 bits per heavy atom. The highest BCUT2D eigenvalue weighted by atomic mass is 127. The van der Waals surface area contributed by atoms with Crippen LogP contribution in [-0.2, 0) is 0 Å². The summed E-state index contributed by atoms with van der Waals surface area (Å²) in [6, 6.07) is 16.8. The van der Waals surface area contributed by atoms with E-state index < -0.39 is 0 Å². The van der Waals surface area contributed by atoms with Crippen LogP contribution in [0.1, 0.15) is 10.4 Å². The molecule has 4 rings (SSSR count). The molecule has 4 nitrogen and oxygen atoms in total. The van der Waals surface area contributed by atoms with Gasteiger partial charge in [-0.25, -0.2) is 4.98 Å². The first-order valence-electron chi connectivity index (χ1n) is 8.23. The molecule has 4 aromatic rings. The number of nitrogens with zero attached hydrogens (tertiary/aromatic N) is 1. The molecule has 1 heterocycles. The van der Waals surface area contributed by atoms with E-state index in [4.69, 9.17) is 11.6 Å². The normalized spacial score (nSPS) is 11.0. The topological polar surface area (TPSA) is 62.2 Å². The van der Waals surface area contributed by atoms with E-state index in [9.17, 15) is 9.90 Å². The minimum absolute atomic E-state index is 0.0300. The van der Waals surface area contributed by atoms with E-state index in [1.807, 2.05) is 52.9 Å². The molecule has 0 bridgehead atoms. The number of aromatic nitrogens is 1. The molecule has 0 aliphatic rings. The van der Waals surface area contributed by atoms with Crippen molar-refractivity contribution in [1.82, 2.24) is 4.98 Å². The van der Waals surface area contributed by atoms with Gasteiger partial charge >= 0.3 is 0 Å². The number of aromatic hydroxyl groups is 1. The van der Waals surface area contributed by atoms with Gasteiger partial charge < -0.3 is 10.4 Å². The van der Waals surface area contributed by atoms with E-state index in [0.29, 0.717) is 14.3 Å². The molecule has 146 valence electrons. The molecular weight excluding hydrogens is 654 g/mol. The van der Waals surface area contributed by atoms with Crippen LogP contribution in [0.25, 0.3) is 10.2 Å². The smallest absolute Gasteiger partial charge is 0.259 e. The predicted molar refractivity (Wildman–Crippen MR) is 137 cm³/mol. The first-order chi connectivity index (χ1) is 13.9. The van der Waals surface area contributed by atoms with E-state index in [-0.39, 0.29) is 17.2 Å². The Balaban J connectivity index is 1.53. The van der Waals surface area contributed by atoms with E-state index in [1.54, 1.807) is 35.6 Å². The maximum absolute atomic E-state index is 12.6. The second-order valence-electron chi connectivity index (χ2n) is 5.93. The summed E-state index contributed by atoms with van der Waals surface area (Å²) in [5.74, 6) is -0.417. The molecule has 9 heteroatoms. The third-order valence-electron chi connectivity index (χ3n) is 3.93. The lowest BCUT2D eigenvalue weighted by molar-refractivity contribution is 0.102. The standard InChI is InChI=1S/C20H11ClI2N2O2S2/c21-13-9-11(24-19(27)12-7-10(22)8-14(23)18(12)26)5-6-16(13)28-20-25-15-3-1-2-4-17(15)29-20/h1-9,26H,(H,24,27). The highest BCUT2D eigenvalue weighted by Gasteiger charge is 2.16. The van der Waals surface area contributed by atoms with Crippen molar-refractivity contribution in [3.8, 4) is 5.75 Å². The lowest BCUT2D eigenvalue weighted by atomic mass is 10.2. The Bertz CT molecular complexity index is 1210. The second kappa shape index (κ2) is 8.96. The number of amides is 1. The molecule has 0 radical (unpaired) electrons. The van der Waals surface area contributed by atoms with Crippen LogP contribution in [0, 0.1) is 7.14 Å². The maximum atomic E-state index is 12.6. The number of benzene rings is 3. The van der Waals surface area contributed by atoms with Gasteiger partial charge in [-0.1, -0.05) is 35.5 Å². The number of thiazole rings is 1. The van der Waals surface area contributed by atoms with Crippen molar-refractivity contribution in [2.24, 2.45) is 0 Å². The number of carbonyl (C=O) groups is 1. The van der Waals surface area contributed by atoms with Gasteiger partial charge in [0.15, 0.2) is 4.34 Å². The summed E-state index contributed by atoms with van der Waals surface area (Å²) in [6.07, 6.45) is 0. The summed E-state index contributed by atoms with van der Waals surface area (Å²) >= 11 is 13.7. The van der Waals surface area contributed by atoms with Crippen LogP contribution in [-0.4, -0.2) is 16.0 Å². The van der Waals surface area contributed by atoms with Crippen molar-refractivity contribution < 1.29 is 9.90 Å². The SMILES string of the molecule is O=C(Nc1ccc(Sc2nc3ccccc3s2)c(Cl)c1)c1cc(I)cc(I)c1O. The summed E-state index contributed by atoms with van der Waals surface area (Å²) in [5.41, 5.74) is 1.75. The Hall–Kier alpha value is -1.08. The van der Waals surface area contributed by atoms with Crippen molar-refractivity contribution in [3.05, 3.63) is 72.3 Å². The zero-order chi connectivity index (χ0) is 20.5. The van der Waals surface area contributed by atoms with Gasteiger partial charge in [-0.2, -0.15) is 0 Å². The van der Waals surface area contributed by atoms with E-state index in [0.717, 1.165) is 23.0 Å². The quantitative estimate of drug-likeness (QED) is 0.226. The summed E-state index contributed by atoms with van der Waals surface area (Å²) in [4.78, 5) is 18.1. The molecule has 0 fully saturated rings. The predicted octanol–water partition coefficient (Wildman–Crippen LogP) is 7.27. The summed E-state index contributed by atoms with van der Waals surface area (Å²) in [5, 5.41) is 13.5. The van der Waals surface area contributed by atoms with Crippen LogP contribution in [0.4, 0.5) is 5.69 Å². The number of nitrogens with one attached hydrogen (secondary N) is 1. The zero-order valence-corrected chi connectivity index (χ0v) is 21.2. The molecule has 0 atom stereocenters. The average molecular weight is 665 g/mol. The third-order valence-corrected chi connectivity index (χ3v) is 7.98. The number of rotatable bonds is 4. The monoisotopic (exact) mass is 664 g/mol. The van der Waals surface area contributed by atoms with Gasteiger partial charge in [-0.05, 0) is 87.6 Å². The fourth-order valence-electron chi connectivity index (χ4n) is 2.59. The Morgan fingerprint density at radius 3 is 2.69 bits per heavy atom. The number of hydrogen-bond donors (Lipinski definition) is 2. The van der Waals surface area contributed by atoms with Crippen molar-refractivity contribution in [3.63, 3.8) is 0 Å². The molecule has 0 unspecified atom stereocenters. The van der Waals surface area contributed by atoms with Crippen LogP contribution in [0.5, 0.6) is 5.75 Å². The molecule has 1 amide bonds. The molecule has 29 heavy (non-hydrogen) atoms. The molecule has 3 aromatic carbocycles. The van der Waals surface area contributed by atoms with Crippen molar-refractivity contribution in [2.75, 3.05) is 5.32 Å². The fourth-order valence-corrected chi connectivity index (χ4v) is 6.76. The van der Waals surface area contributed by atoms with E-state index >= 15 is 0 Å². The summed E-state index contributed by atoms with van der Waals surface area (Å²) < 4.78 is 3.53. The van der Waals surface area contributed by atoms with E-state index in [1.165, 1.54) is 11.8 Å². The average Bonchev–Trinajstić information content (AvgIpc) is 3.09. The molecular formula is C20H11ClI2N2O2S2. The number of phenols is 1. The molecule has 0 saturated heterocycles. The molecule has 0 aliphatic carbocycles. The lowest BCUT2D eigenvalue weighted by Gasteiger charge is -2.10. The number of para-hydroxylation sites is 1. The first kappa shape index (κ1) is 21.2. The molecule has 1 aromatic heterocycles. The summed E-state index contributed by atoms with van der Waals surface area (Å²) in [7, 11) is 0. The van der Waals surface area contributed by atoms with Gasteiger partial charge in [-0.3, -0.25) is 4.79 Å². The minimum Gasteiger partial charge on any atom is -0.506 e. The van der Waals surface area contributed by atoms with Crippen LogP contribution in [0.2, 0.25) is 5.02 Å². The van der Waals surface area contributed by atoms with Gasteiger partial charge in [0.2, 0.25) is 0 Å². The Labute approximate surface area is 207 Å². The largest absolute Gasteiger partial charge is 0.506 e. The van der Waals surface area contributed by atoms with Crippen LogP contribution < -0.4 is 5.32 Å². The van der Waals surface area contributed by atoms with E-state index in [2.05, 4.69) is 32.9 Å². The van der Waals surface area contributed by atoms with Gasteiger partial charge in [0.1, 0.15) is 5.75 Å². The second-order valence-corrected chi connectivity index (χ2v) is 11.1. The van der Waals surface area contributed by atoms with Crippen LogP contribution >= 0.6 is 79.9 Å². The maximum Gasteiger partial charge on any atom is 0.259 e. The molecule has 0 saturated carbocycles. The van der Waals surface area contributed by atoms with Gasteiger partial charge in [0, 0.05) is 14.2 Å². The number of fused-ring (bicyclic) bond motifs is 1. The highest BCUT2D eigenvalue weighted by molar-refractivity contribution is 14.1. The number of carbonyl (C=O) groups excluding carboxylic acids is 1. The van der Waals surface area contributed by atoms with Crippen molar-refractivity contribution in [2.45, 2.75) is 9.24 Å². The minimum atomic E-state index is -0.387. The third kappa shape index (κ3) is 4.82. The van der Waals surface area contributed by atoms with Gasteiger partial charge in [-0.15, -0.1) is 11.3 Å². The van der Waals surface area contributed by atoms with Crippen molar-refractivity contribution >= 4 is 102 Å². The van der Waals surface area contributed by atoms with Gasteiger partial charge in [0.25, 0.3) is 5.91 Å². The molecule has 0 spiro atoms. The number of anilines is 1. The molecule has 0 aliphatic heterocycles. The van der Waals surface area contributed by atoms with Crippen LogP contribution in [0.15, 0.2) is 63.8 Å². The highest BCUT2D eigenvalue weighted by Crippen LogP contribution is 2.38. The van der Waals surface area contributed by atoms with Crippen LogP contribution in [0.3, 0.4) is 0 Å². The Kier molecular flexibility index (Phi) is 6.54. The fraction of sp³-hybridized carbons (Fsp3) is 0. The number of phenolic OH excluding ortho intramolecular Hbond substituents is 1. The lowest BCUT2D eigenvalue weighted by Crippen LogP contribution is -2.12. The molecule has 2 N–H and O–H groups in total. The number of halogens is 3. The first-order valence-corrected chi connectivity index (χ1v) is 12.4. The zero-order valence-electron chi connectivity index (χ0n) is 14.4. The van der Waals surface area contributed by atoms with Crippen molar-refractivity contribution in [1.29, 1.82) is 0 Å². The summed E-state index contributed by atoms with van der Waals surface area (Å²) in [6.45, 7) is 0.